The molecule has 17 heteroatoms. The number of alkyl carbamates (subject to hydrolysis) is 1. The predicted molar refractivity (Wildman–Crippen MR) is 190 cm³/mol. The minimum atomic E-state index is -1.10. The van der Waals surface area contributed by atoms with Crippen molar-refractivity contribution in [2.45, 2.75) is 78.3 Å². The fourth-order valence-electron chi connectivity index (χ4n) is 4.39. The highest BCUT2D eigenvalue weighted by Gasteiger charge is 2.30. The van der Waals surface area contributed by atoms with Gasteiger partial charge in [-0.25, -0.2) is 19.2 Å². The topological polar surface area (TPSA) is 223 Å². The molecule has 17 nitrogen and oxygen atoms in total. The summed E-state index contributed by atoms with van der Waals surface area (Å²) >= 11 is 0. The number of rotatable bonds is 18. The van der Waals surface area contributed by atoms with Gasteiger partial charge in [-0.2, -0.15) is 0 Å². The van der Waals surface area contributed by atoms with Crippen LogP contribution < -0.4 is 32.3 Å². The predicted octanol–water partition coefficient (Wildman–Crippen LogP) is 2.10. The molecule has 1 aromatic carbocycles. The van der Waals surface area contributed by atoms with Crippen LogP contribution in [0.3, 0.4) is 0 Å². The smallest absolute Gasteiger partial charge is 0.410 e. The van der Waals surface area contributed by atoms with Gasteiger partial charge >= 0.3 is 24.3 Å². The van der Waals surface area contributed by atoms with Gasteiger partial charge in [0.1, 0.15) is 24.3 Å². The molecule has 0 unspecified atom stereocenters. The Morgan fingerprint density at radius 1 is 0.941 bits per heavy atom. The maximum Gasteiger partial charge on any atom is 0.410 e. The normalized spacial score (nSPS) is 12.0. The van der Waals surface area contributed by atoms with E-state index in [1.165, 1.54) is 16.8 Å². The van der Waals surface area contributed by atoms with Crippen molar-refractivity contribution < 1.29 is 43.0 Å². The van der Waals surface area contributed by atoms with Gasteiger partial charge in [0.25, 0.3) is 0 Å². The minimum absolute atomic E-state index is 0.000940. The number of terminal acetylenes is 1. The molecule has 284 valence electrons. The summed E-state index contributed by atoms with van der Waals surface area (Å²) in [6, 6.07) is 1.95. The zero-order valence-electron chi connectivity index (χ0n) is 30.8. The number of carbonyl (C=O) groups excluding carboxylic acids is 6. The molecule has 0 aliphatic carbocycles. The second kappa shape index (κ2) is 21.8. The molecule has 0 saturated heterocycles. The summed E-state index contributed by atoms with van der Waals surface area (Å²) in [6.45, 7) is 9.30. The summed E-state index contributed by atoms with van der Waals surface area (Å²) < 4.78 is 15.8. The van der Waals surface area contributed by atoms with Crippen LogP contribution in [0.25, 0.3) is 0 Å². The number of likely N-dealkylation sites (N-methyl/N-ethyl adjacent to an activating group) is 2. The number of hydrogen-bond donors (Lipinski definition) is 6. The third-order valence-electron chi connectivity index (χ3n) is 7.06. The molecule has 0 spiro atoms. The van der Waals surface area contributed by atoms with Gasteiger partial charge in [0.2, 0.25) is 11.8 Å². The van der Waals surface area contributed by atoms with Crippen molar-refractivity contribution in [1.82, 2.24) is 31.1 Å². The van der Waals surface area contributed by atoms with Crippen molar-refractivity contribution in [3.05, 3.63) is 29.3 Å². The summed E-state index contributed by atoms with van der Waals surface area (Å²) in [7, 11) is 4.86. The third kappa shape index (κ3) is 17.3. The minimum Gasteiger partial charge on any atom is -0.445 e. The zero-order valence-corrected chi connectivity index (χ0v) is 30.8. The fraction of sp³-hybridized carbons (Fsp3) is 0.588. The maximum absolute atomic E-state index is 13.7. The summed E-state index contributed by atoms with van der Waals surface area (Å²) in [5.41, 5.74) is 5.75. The van der Waals surface area contributed by atoms with E-state index >= 15 is 0 Å². The largest absolute Gasteiger partial charge is 0.445 e. The van der Waals surface area contributed by atoms with Crippen molar-refractivity contribution in [1.29, 1.82) is 0 Å². The Labute approximate surface area is 300 Å². The first-order valence-corrected chi connectivity index (χ1v) is 16.5. The van der Waals surface area contributed by atoms with E-state index in [1.807, 2.05) is 0 Å². The maximum atomic E-state index is 13.7. The standard InChI is InChI=1S/C34H54N8O9/c1-10-18-49-33(48)42(9)20-24-19-25(14-13-23(24)21-50-32(47)41(8)17-16-36-7)38-28(43)26(12-11-15-37-30(35)45)39-29(44)27(22(2)3)40-31(46)51-34(4,5)6/h1,13-14,19,22,26-27,36H,11-12,15-18,20-21H2,2-9H3,(H,38,43)(H,39,44)(H,40,46)(H3,35,37,45)/t26-,27-/m1/s1. The number of hydrogen-bond acceptors (Lipinski definition) is 10. The number of benzene rings is 1. The highest BCUT2D eigenvalue weighted by Crippen LogP contribution is 2.20. The number of nitrogens with one attached hydrogen (secondary N) is 5. The molecule has 0 aliphatic rings. The Hall–Kier alpha value is -5.24. The first-order chi connectivity index (χ1) is 23.9. The van der Waals surface area contributed by atoms with E-state index in [0.29, 0.717) is 29.9 Å². The Morgan fingerprint density at radius 3 is 2.20 bits per heavy atom. The quantitative estimate of drug-likeness (QED) is 0.0737. The zero-order chi connectivity index (χ0) is 38.7. The summed E-state index contributed by atoms with van der Waals surface area (Å²) in [5.74, 6) is 0.643. The van der Waals surface area contributed by atoms with Crippen LogP contribution in [0.4, 0.5) is 24.9 Å². The van der Waals surface area contributed by atoms with Gasteiger partial charge in [-0.1, -0.05) is 25.8 Å². The van der Waals surface area contributed by atoms with Gasteiger partial charge in [0.15, 0.2) is 6.61 Å². The van der Waals surface area contributed by atoms with E-state index in [1.54, 1.807) is 66.9 Å². The van der Waals surface area contributed by atoms with Crippen LogP contribution in [0, 0.1) is 18.3 Å². The Morgan fingerprint density at radius 2 is 1.61 bits per heavy atom. The average molecular weight is 719 g/mol. The van der Waals surface area contributed by atoms with Crippen LogP contribution in [0.1, 0.15) is 58.6 Å². The van der Waals surface area contributed by atoms with Crippen molar-refractivity contribution in [3.8, 4) is 12.3 Å². The molecule has 0 radical (unpaired) electrons. The fourth-order valence-corrected chi connectivity index (χ4v) is 4.39. The van der Waals surface area contributed by atoms with E-state index in [9.17, 15) is 28.8 Å². The molecule has 0 aromatic heterocycles. The van der Waals surface area contributed by atoms with Gasteiger partial charge in [0.05, 0.1) is 0 Å². The van der Waals surface area contributed by atoms with E-state index in [-0.39, 0.29) is 45.1 Å². The highest BCUT2D eigenvalue weighted by molar-refractivity contribution is 5.98. The number of nitrogens with zero attached hydrogens (tertiary/aromatic N) is 2. The van der Waals surface area contributed by atoms with E-state index in [0.717, 1.165) is 0 Å². The van der Waals surface area contributed by atoms with Crippen molar-refractivity contribution >= 4 is 41.8 Å². The lowest BCUT2D eigenvalue weighted by atomic mass is 10.0. The van der Waals surface area contributed by atoms with Crippen LogP contribution in [-0.2, 0) is 37.0 Å². The van der Waals surface area contributed by atoms with Crippen LogP contribution in [0.2, 0.25) is 0 Å². The molecular weight excluding hydrogens is 664 g/mol. The molecule has 1 rings (SSSR count). The SMILES string of the molecule is C#CCOC(=O)N(C)Cc1cc(NC(=O)[C@@H](CCCNC(N)=O)NC(=O)[C@H](NC(=O)OC(C)(C)C)C(C)C)ccc1COC(=O)N(C)CCNC. The Bertz CT molecular complexity index is 1390. The molecule has 2 atom stereocenters. The van der Waals surface area contributed by atoms with Gasteiger partial charge in [-0.05, 0) is 69.8 Å². The molecule has 0 aliphatic heterocycles. The molecular formula is C34H54N8O9. The molecule has 0 heterocycles. The van der Waals surface area contributed by atoms with Gasteiger partial charge in [0, 0.05) is 46.0 Å². The summed E-state index contributed by atoms with van der Waals surface area (Å²) in [4.78, 5) is 78.4. The Kier molecular flexibility index (Phi) is 18.7. The van der Waals surface area contributed by atoms with E-state index in [2.05, 4.69) is 32.5 Å². The van der Waals surface area contributed by atoms with Crippen molar-refractivity contribution in [3.63, 3.8) is 0 Å². The van der Waals surface area contributed by atoms with Crippen LogP contribution >= 0.6 is 0 Å². The number of nitrogens with two attached hydrogens (primary N) is 1. The number of primary amides is 1. The molecule has 1 aromatic rings. The van der Waals surface area contributed by atoms with E-state index in [4.69, 9.17) is 26.4 Å². The number of carbonyl (C=O) groups is 6. The van der Waals surface area contributed by atoms with Crippen molar-refractivity contribution in [2.75, 3.05) is 52.7 Å². The average Bonchev–Trinajstić information content (AvgIpc) is 3.04. The molecule has 7 N–H and O–H groups in total. The number of urea groups is 1. The number of amides is 7. The first-order valence-electron chi connectivity index (χ1n) is 16.5. The molecule has 0 bridgehead atoms. The number of anilines is 1. The van der Waals surface area contributed by atoms with Crippen LogP contribution in [0.15, 0.2) is 18.2 Å². The van der Waals surface area contributed by atoms with Crippen molar-refractivity contribution in [2.24, 2.45) is 11.7 Å². The second-order valence-corrected chi connectivity index (χ2v) is 13.0. The van der Waals surface area contributed by atoms with Crippen LogP contribution in [-0.4, -0.2) is 111 Å². The molecule has 0 fully saturated rings. The molecule has 7 amide bonds. The monoisotopic (exact) mass is 718 g/mol. The molecule has 0 saturated carbocycles. The highest BCUT2D eigenvalue weighted by atomic mass is 16.6. The number of ether oxygens (including phenoxy) is 3. The lowest BCUT2D eigenvalue weighted by molar-refractivity contribution is -0.128. The second-order valence-electron chi connectivity index (χ2n) is 13.0. The molecule has 51 heavy (non-hydrogen) atoms. The van der Waals surface area contributed by atoms with Gasteiger partial charge < -0.3 is 56.3 Å². The lowest BCUT2D eigenvalue weighted by Crippen LogP contribution is -2.55. The first kappa shape index (κ1) is 43.8. The van der Waals surface area contributed by atoms with Crippen LogP contribution in [0.5, 0.6) is 0 Å². The van der Waals surface area contributed by atoms with Gasteiger partial charge in [-0.15, -0.1) is 6.42 Å². The van der Waals surface area contributed by atoms with E-state index < -0.39 is 53.8 Å². The van der Waals surface area contributed by atoms with Gasteiger partial charge in [-0.3, -0.25) is 9.59 Å². The Balaban J connectivity index is 3.32. The lowest BCUT2D eigenvalue weighted by Gasteiger charge is -2.27. The summed E-state index contributed by atoms with van der Waals surface area (Å²) in [6.07, 6.45) is 3.54. The summed E-state index contributed by atoms with van der Waals surface area (Å²) in [5, 5.41) is 13.5. The third-order valence-corrected chi connectivity index (χ3v) is 7.06.